The SMILES string of the molecule is CCc1cc(C(=O)O)cnc1N(C)C(C)C. The molecule has 0 fully saturated rings. The molecule has 4 nitrogen and oxygen atoms in total. The highest BCUT2D eigenvalue weighted by atomic mass is 16.4. The molecule has 1 heterocycles. The third kappa shape index (κ3) is 2.51. The van der Waals surface area contributed by atoms with E-state index in [9.17, 15) is 4.79 Å². The summed E-state index contributed by atoms with van der Waals surface area (Å²) in [4.78, 5) is 17.1. The zero-order chi connectivity index (χ0) is 12.3. The van der Waals surface area contributed by atoms with Gasteiger partial charge in [-0.2, -0.15) is 0 Å². The molecule has 1 rings (SSSR count). The van der Waals surface area contributed by atoms with Gasteiger partial charge in [0.15, 0.2) is 0 Å². The van der Waals surface area contributed by atoms with Gasteiger partial charge in [0, 0.05) is 19.3 Å². The lowest BCUT2D eigenvalue weighted by Crippen LogP contribution is -2.27. The summed E-state index contributed by atoms with van der Waals surface area (Å²) in [5, 5.41) is 8.89. The minimum absolute atomic E-state index is 0.248. The fourth-order valence-electron chi connectivity index (χ4n) is 1.44. The van der Waals surface area contributed by atoms with E-state index in [0.29, 0.717) is 6.04 Å². The number of hydrogen-bond donors (Lipinski definition) is 1. The lowest BCUT2D eigenvalue weighted by molar-refractivity contribution is 0.0696. The normalized spacial score (nSPS) is 10.6. The van der Waals surface area contributed by atoms with Crippen molar-refractivity contribution in [3.8, 4) is 0 Å². The number of hydrogen-bond acceptors (Lipinski definition) is 3. The molecule has 0 aliphatic rings. The third-order valence-corrected chi connectivity index (χ3v) is 2.68. The summed E-state index contributed by atoms with van der Waals surface area (Å²) in [7, 11) is 1.96. The molecule has 0 radical (unpaired) electrons. The molecule has 16 heavy (non-hydrogen) atoms. The van der Waals surface area contributed by atoms with Crippen molar-refractivity contribution >= 4 is 11.8 Å². The molecule has 4 heteroatoms. The quantitative estimate of drug-likeness (QED) is 0.848. The van der Waals surface area contributed by atoms with Gasteiger partial charge < -0.3 is 10.0 Å². The van der Waals surface area contributed by atoms with Crippen LogP contribution < -0.4 is 4.90 Å². The number of aromatic carboxylic acids is 1. The van der Waals surface area contributed by atoms with Crippen LogP contribution in [0.3, 0.4) is 0 Å². The predicted octanol–water partition coefficient (Wildman–Crippen LogP) is 2.19. The number of aryl methyl sites for hydroxylation is 1. The molecule has 0 saturated carbocycles. The lowest BCUT2D eigenvalue weighted by Gasteiger charge is -2.24. The van der Waals surface area contributed by atoms with E-state index in [-0.39, 0.29) is 5.56 Å². The highest BCUT2D eigenvalue weighted by Gasteiger charge is 2.13. The van der Waals surface area contributed by atoms with E-state index in [0.717, 1.165) is 17.8 Å². The Morgan fingerprint density at radius 1 is 1.56 bits per heavy atom. The molecule has 0 bridgehead atoms. The Labute approximate surface area is 95.9 Å². The molecular weight excluding hydrogens is 204 g/mol. The van der Waals surface area contributed by atoms with Crippen LogP contribution in [0.15, 0.2) is 12.3 Å². The van der Waals surface area contributed by atoms with Crippen LogP contribution in [-0.2, 0) is 6.42 Å². The van der Waals surface area contributed by atoms with Gasteiger partial charge in [0.1, 0.15) is 5.82 Å². The Kier molecular flexibility index (Phi) is 3.88. The number of carboxylic acids is 1. The molecule has 0 atom stereocenters. The van der Waals surface area contributed by atoms with Gasteiger partial charge in [-0.1, -0.05) is 6.92 Å². The fraction of sp³-hybridized carbons (Fsp3) is 0.500. The largest absolute Gasteiger partial charge is 0.478 e. The van der Waals surface area contributed by atoms with Crippen LogP contribution in [0.1, 0.15) is 36.7 Å². The molecule has 0 aromatic carbocycles. The monoisotopic (exact) mass is 222 g/mol. The fourth-order valence-corrected chi connectivity index (χ4v) is 1.44. The first-order valence-corrected chi connectivity index (χ1v) is 5.42. The minimum Gasteiger partial charge on any atom is -0.478 e. The molecule has 1 aromatic rings. The van der Waals surface area contributed by atoms with Gasteiger partial charge in [-0.05, 0) is 31.9 Å². The van der Waals surface area contributed by atoms with Crippen molar-refractivity contribution in [2.75, 3.05) is 11.9 Å². The number of aromatic nitrogens is 1. The Morgan fingerprint density at radius 2 is 2.19 bits per heavy atom. The van der Waals surface area contributed by atoms with Crippen molar-refractivity contribution in [3.05, 3.63) is 23.4 Å². The van der Waals surface area contributed by atoms with E-state index >= 15 is 0 Å². The van der Waals surface area contributed by atoms with Crippen LogP contribution in [0.2, 0.25) is 0 Å². The zero-order valence-corrected chi connectivity index (χ0v) is 10.2. The van der Waals surface area contributed by atoms with Gasteiger partial charge in [0.05, 0.1) is 5.56 Å². The van der Waals surface area contributed by atoms with E-state index in [1.807, 2.05) is 18.9 Å². The van der Waals surface area contributed by atoms with Crippen molar-refractivity contribution < 1.29 is 9.90 Å². The van der Waals surface area contributed by atoms with Crippen molar-refractivity contribution in [2.45, 2.75) is 33.2 Å². The van der Waals surface area contributed by atoms with E-state index in [1.54, 1.807) is 6.07 Å². The van der Waals surface area contributed by atoms with Crippen molar-refractivity contribution in [1.82, 2.24) is 4.98 Å². The summed E-state index contributed by atoms with van der Waals surface area (Å²) in [6.07, 6.45) is 2.19. The van der Waals surface area contributed by atoms with Crippen LogP contribution in [-0.4, -0.2) is 29.1 Å². The molecule has 88 valence electrons. The van der Waals surface area contributed by atoms with Crippen LogP contribution in [0.5, 0.6) is 0 Å². The number of anilines is 1. The average Bonchev–Trinajstić information content (AvgIpc) is 2.26. The van der Waals surface area contributed by atoms with Gasteiger partial charge in [-0.15, -0.1) is 0 Å². The predicted molar refractivity (Wildman–Crippen MR) is 64.1 cm³/mol. The molecule has 0 amide bonds. The van der Waals surface area contributed by atoms with Gasteiger partial charge in [-0.3, -0.25) is 0 Å². The van der Waals surface area contributed by atoms with Gasteiger partial charge in [-0.25, -0.2) is 9.78 Å². The Morgan fingerprint density at radius 3 is 2.62 bits per heavy atom. The summed E-state index contributed by atoms with van der Waals surface area (Å²) in [5.74, 6) is -0.0662. The average molecular weight is 222 g/mol. The number of carboxylic acid groups (broad SMARTS) is 1. The third-order valence-electron chi connectivity index (χ3n) is 2.68. The summed E-state index contributed by atoms with van der Waals surface area (Å²) in [6, 6.07) is 2.04. The molecular formula is C12H18N2O2. The standard InChI is InChI=1S/C12H18N2O2/c1-5-9-6-10(12(15)16)7-13-11(9)14(4)8(2)3/h6-8H,5H2,1-4H3,(H,15,16). The first-order chi connectivity index (χ1) is 7.47. The Bertz CT molecular complexity index is 389. The summed E-state index contributed by atoms with van der Waals surface area (Å²) < 4.78 is 0. The Hall–Kier alpha value is -1.58. The lowest BCUT2D eigenvalue weighted by atomic mass is 10.1. The highest BCUT2D eigenvalue weighted by molar-refractivity contribution is 5.87. The summed E-state index contributed by atoms with van der Waals surface area (Å²) >= 11 is 0. The molecule has 1 N–H and O–H groups in total. The maximum absolute atomic E-state index is 10.8. The molecule has 1 aromatic heterocycles. The van der Waals surface area contributed by atoms with Gasteiger partial charge >= 0.3 is 5.97 Å². The zero-order valence-electron chi connectivity index (χ0n) is 10.2. The smallest absolute Gasteiger partial charge is 0.337 e. The summed E-state index contributed by atoms with van der Waals surface area (Å²) in [6.45, 7) is 6.15. The molecule has 0 aliphatic heterocycles. The second kappa shape index (κ2) is 4.96. The minimum atomic E-state index is -0.930. The second-order valence-electron chi connectivity index (χ2n) is 4.07. The number of carbonyl (C=O) groups is 1. The van der Waals surface area contributed by atoms with Crippen LogP contribution >= 0.6 is 0 Å². The van der Waals surface area contributed by atoms with Crippen molar-refractivity contribution in [3.63, 3.8) is 0 Å². The topological polar surface area (TPSA) is 53.4 Å². The van der Waals surface area contributed by atoms with Crippen LogP contribution in [0, 0.1) is 0 Å². The molecule has 0 spiro atoms. The highest BCUT2D eigenvalue weighted by Crippen LogP contribution is 2.20. The van der Waals surface area contributed by atoms with Gasteiger partial charge in [0.2, 0.25) is 0 Å². The number of nitrogens with zero attached hydrogens (tertiary/aromatic N) is 2. The van der Waals surface area contributed by atoms with E-state index in [1.165, 1.54) is 6.20 Å². The maximum atomic E-state index is 10.8. The van der Waals surface area contributed by atoms with Crippen molar-refractivity contribution in [2.24, 2.45) is 0 Å². The molecule has 0 unspecified atom stereocenters. The van der Waals surface area contributed by atoms with E-state index < -0.39 is 5.97 Å². The second-order valence-corrected chi connectivity index (χ2v) is 4.07. The van der Waals surface area contributed by atoms with E-state index in [4.69, 9.17) is 5.11 Å². The first kappa shape index (κ1) is 12.5. The maximum Gasteiger partial charge on any atom is 0.337 e. The summed E-state index contributed by atoms with van der Waals surface area (Å²) in [5.41, 5.74) is 1.22. The Balaban J connectivity index is 3.16. The number of rotatable bonds is 4. The van der Waals surface area contributed by atoms with Crippen LogP contribution in [0.25, 0.3) is 0 Å². The van der Waals surface area contributed by atoms with Crippen molar-refractivity contribution in [1.29, 1.82) is 0 Å². The molecule has 0 aliphatic carbocycles. The molecule has 0 saturated heterocycles. The number of pyridine rings is 1. The van der Waals surface area contributed by atoms with Crippen LogP contribution in [0.4, 0.5) is 5.82 Å². The first-order valence-electron chi connectivity index (χ1n) is 5.42. The van der Waals surface area contributed by atoms with E-state index in [2.05, 4.69) is 18.8 Å². The van der Waals surface area contributed by atoms with Gasteiger partial charge in [0.25, 0.3) is 0 Å².